The van der Waals surface area contributed by atoms with Crippen molar-refractivity contribution in [2.75, 3.05) is 26.2 Å². The summed E-state index contributed by atoms with van der Waals surface area (Å²) >= 11 is 5.79. The SMILES string of the molecule is CCC(=O)N1CCN(S(=O)(=O)Cc2ccc(Cl)cc2)CC1. The summed E-state index contributed by atoms with van der Waals surface area (Å²) in [6.07, 6.45) is 0.456. The minimum absolute atomic E-state index is 0.0358. The number of rotatable bonds is 4. The van der Waals surface area contributed by atoms with Gasteiger partial charge in [-0.15, -0.1) is 0 Å². The summed E-state index contributed by atoms with van der Waals surface area (Å²) < 4.78 is 26.2. The molecule has 1 saturated heterocycles. The van der Waals surface area contributed by atoms with E-state index in [0.717, 1.165) is 0 Å². The number of carbonyl (C=O) groups is 1. The molecule has 5 nitrogen and oxygen atoms in total. The first kappa shape index (κ1) is 16.3. The molecule has 1 amide bonds. The van der Waals surface area contributed by atoms with Crippen LogP contribution in [0.15, 0.2) is 24.3 Å². The maximum absolute atomic E-state index is 12.4. The van der Waals surface area contributed by atoms with Crippen molar-refractivity contribution >= 4 is 27.5 Å². The van der Waals surface area contributed by atoms with Gasteiger partial charge in [0.15, 0.2) is 0 Å². The van der Waals surface area contributed by atoms with Crippen molar-refractivity contribution in [3.05, 3.63) is 34.9 Å². The Hall–Kier alpha value is -1.11. The first-order chi connectivity index (χ1) is 9.92. The molecule has 21 heavy (non-hydrogen) atoms. The Kier molecular flexibility index (Phi) is 5.24. The molecule has 1 fully saturated rings. The third kappa shape index (κ3) is 4.18. The van der Waals surface area contributed by atoms with Crippen LogP contribution in [0.5, 0.6) is 0 Å². The van der Waals surface area contributed by atoms with Crippen molar-refractivity contribution in [3.63, 3.8) is 0 Å². The first-order valence-corrected chi connectivity index (χ1v) is 8.91. The minimum Gasteiger partial charge on any atom is -0.340 e. The van der Waals surface area contributed by atoms with Gasteiger partial charge in [0, 0.05) is 37.6 Å². The van der Waals surface area contributed by atoms with E-state index in [1.165, 1.54) is 4.31 Å². The largest absolute Gasteiger partial charge is 0.340 e. The van der Waals surface area contributed by atoms with E-state index in [9.17, 15) is 13.2 Å². The molecular weight excluding hydrogens is 312 g/mol. The number of sulfonamides is 1. The minimum atomic E-state index is -3.35. The van der Waals surface area contributed by atoms with E-state index >= 15 is 0 Å². The molecule has 0 spiro atoms. The number of piperazine rings is 1. The molecule has 7 heteroatoms. The summed E-state index contributed by atoms with van der Waals surface area (Å²) in [4.78, 5) is 13.3. The molecule has 0 aromatic heterocycles. The number of hydrogen-bond acceptors (Lipinski definition) is 3. The highest BCUT2D eigenvalue weighted by Crippen LogP contribution is 2.16. The molecule has 0 bridgehead atoms. The fraction of sp³-hybridized carbons (Fsp3) is 0.500. The molecular formula is C14H19ClN2O3S. The van der Waals surface area contributed by atoms with Crippen LogP contribution in [0.2, 0.25) is 5.02 Å². The Balaban J connectivity index is 1.98. The molecule has 1 heterocycles. The Bertz CT molecular complexity index is 593. The molecule has 0 N–H and O–H groups in total. The van der Waals surface area contributed by atoms with Crippen LogP contribution < -0.4 is 0 Å². The van der Waals surface area contributed by atoms with E-state index in [2.05, 4.69) is 0 Å². The maximum atomic E-state index is 12.4. The monoisotopic (exact) mass is 330 g/mol. The van der Waals surface area contributed by atoms with Crippen molar-refractivity contribution in [2.45, 2.75) is 19.1 Å². The van der Waals surface area contributed by atoms with Gasteiger partial charge in [0.25, 0.3) is 0 Å². The second-order valence-electron chi connectivity index (χ2n) is 5.02. The molecule has 0 atom stereocenters. The number of nitrogens with zero attached hydrogens (tertiary/aromatic N) is 2. The van der Waals surface area contributed by atoms with Gasteiger partial charge in [0.1, 0.15) is 0 Å². The number of hydrogen-bond donors (Lipinski definition) is 0. The van der Waals surface area contributed by atoms with Gasteiger partial charge in [-0.3, -0.25) is 4.79 Å². The average Bonchev–Trinajstić information content (AvgIpc) is 2.49. The quantitative estimate of drug-likeness (QED) is 0.844. The van der Waals surface area contributed by atoms with E-state index in [4.69, 9.17) is 11.6 Å². The second-order valence-corrected chi connectivity index (χ2v) is 7.42. The van der Waals surface area contributed by atoms with Gasteiger partial charge in [0.2, 0.25) is 15.9 Å². The number of halogens is 1. The van der Waals surface area contributed by atoms with Crippen molar-refractivity contribution < 1.29 is 13.2 Å². The van der Waals surface area contributed by atoms with Crippen LogP contribution in [0.3, 0.4) is 0 Å². The molecule has 1 aliphatic heterocycles. The van der Waals surface area contributed by atoms with Crippen molar-refractivity contribution in [2.24, 2.45) is 0 Å². The number of amides is 1. The van der Waals surface area contributed by atoms with Crippen molar-refractivity contribution in [3.8, 4) is 0 Å². The van der Waals surface area contributed by atoms with Gasteiger partial charge >= 0.3 is 0 Å². The van der Waals surface area contributed by atoms with Crippen molar-refractivity contribution in [1.29, 1.82) is 0 Å². The highest BCUT2D eigenvalue weighted by atomic mass is 35.5. The van der Waals surface area contributed by atoms with Crippen LogP contribution in [0, 0.1) is 0 Å². The smallest absolute Gasteiger partial charge is 0.222 e. The highest BCUT2D eigenvalue weighted by molar-refractivity contribution is 7.88. The molecule has 1 aromatic rings. The van der Waals surface area contributed by atoms with E-state index < -0.39 is 10.0 Å². The predicted octanol–water partition coefficient (Wildman–Crippen LogP) is 1.72. The van der Waals surface area contributed by atoms with Crippen LogP contribution in [0.1, 0.15) is 18.9 Å². The lowest BCUT2D eigenvalue weighted by Gasteiger charge is -2.33. The zero-order chi connectivity index (χ0) is 15.5. The molecule has 0 unspecified atom stereocenters. The molecule has 0 aliphatic carbocycles. The van der Waals surface area contributed by atoms with E-state index in [0.29, 0.717) is 43.2 Å². The van der Waals surface area contributed by atoms with E-state index in [-0.39, 0.29) is 11.7 Å². The van der Waals surface area contributed by atoms with Crippen LogP contribution in [-0.4, -0.2) is 49.7 Å². The van der Waals surface area contributed by atoms with Gasteiger partial charge in [0.05, 0.1) is 5.75 Å². The lowest BCUT2D eigenvalue weighted by Crippen LogP contribution is -2.50. The van der Waals surface area contributed by atoms with Crippen molar-refractivity contribution in [1.82, 2.24) is 9.21 Å². The standard InChI is InChI=1S/C14H19ClN2O3S/c1-2-14(18)16-7-9-17(10-8-16)21(19,20)11-12-3-5-13(15)6-4-12/h3-6H,2,7-11H2,1H3. The molecule has 0 radical (unpaired) electrons. The normalized spacial score (nSPS) is 17.0. The predicted molar refractivity (Wildman–Crippen MR) is 82.5 cm³/mol. The fourth-order valence-corrected chi connectivity index (χ4v) is 3.96. The summed E-state index contributed by atoms with van der Waals surface area (Å²) in [5.74, 6) is 0.0380. The van der Waals surface area contributed by atoms with Crippen LogP contribution >= 0.6 is 11.6 Å². The van der Waals surface area contributed by atoms with Gasteiger partial charge in [-0.05, 0) is 17.7 Å². The van der Waals surface area contributed by atoms with Crippen LogP contribution in [-0.2, 0) is 20.6 Å². The molecule has 2 rings (SSSR count). The summed E-state index contributed by atoms with van der Waals surface area (Å²) in [7, 11) is -3.35. The van der Waals surface area contributed by atoms with Gasteiger partial charge in [-0.1, -0.05) is 30.7 Å². The summed E-state index contributed by atoms with van der Waals surface area (Å²) in [5.41, 5.74) is 0.714. The summed E-state index contributed by atoms with van der Waals surface area (Å²) in [6.45, 7) is 3.47. The van der Waals surface area contributed by atoms with Gasteiger partial charge < -0.3 is 4.90 Å². The lowest BCUT2D eigenvalue weighted by atomic mass is 10.2. The first-order valence-electron chi connectivity index (χ1n) is 6.92. The Labute approximate surface area is 130 Å². The highest BCUT2D eigenvalue weighted by Gasteiger charge is 2.28. The third-order valence-electron chi connectivity index (χ3n) is 3.55. The zero-order valence-corrected chi connectivity index (χ0v) is 13.5. The lowest BCUT2D eigenvalue weighted by molar-refractivity contribution is -0.132. The molecule has 1 aromatic carbocycles. The fourth-order valence-electron chi connectivity index (χ4n) is 2.32. The Morgan fingerprint density at radius 3 is 2.24 bits per heavy atom. The second kappa shape index (κ2) is 6.77. The Morgan fingerprint density at radius 1 is 1.14 bits per heavy atom. The average molecular weight is 331 g/mol. The van der Waals surface area contributed by atoms with E-state index in [1.54, 1.807) is 29.2 Å². The topological polar surface area (TPSA) is 57.7 Å². The third-order valence-corrected chi connectivity index (χ3v) is 5.65. The van der Waals surface area contributed by atoms with E-state index in [1.807, 2.05) is 6.92 Å². The summed E-state index contributed by atoms with van der Waals surface area (Å²) in [6, 6.07) is 6.81. The molecule has 0 saturated carbocycles. The Morgan fingerprint density at radius 2 is 1.71 bits per heavy atom. The van der Waals surface area contributed by atoms with Gasteiger partial charge in [-0.2, -0.15) is 4.31 Å². The summed E-state index contributed by atoms with van der Waals surface area (Å²) in [5, 5.41) is 0.586. The van der Waals surface area contributed by atoms with Crippen LogP contribution in [0.4, 0.5) is 0 Å². The number of benzene rings is 1. The number of carbonyl (C=O) groups excluding carboxylic acids is 1. The maximum Gasteiger partial charge on any atom is 0.222 e. The van der Waals surface area contributed by atoms with Crippen LogP contribution in [0.25, 0.3) is 0 Å². The van der Waals surface area contributed by atoms with Gasteiger partial charge in [-0.25, -0.2) is 8.42 Å². The molecule has 116 valence electrons. The zero-order valence-electron chi connectivity index (χ0n) is 12.0. The molecule has 1 aliphatic rings.